The molecule has 0 saturated heterocycles. The highest BCUT2D eigenvalue weighted by Crippen LogP contribution is 2.34. The third-order valence-electron chi connectivity index (χ3n) is 3.58. The molecule has 0 amide bonds. The Morgan fingerprint density at radius 2 is 2.38 bits per heavy atom. The molecule has 4 nitrogen and oxygen atoms in total. The number of nitrogens with one attached hydrogen (secondary N) is 1. The summed E-state index contributed by atoms with van der Waals surface area (Å²) in [5.74, 6) is 0.905. The molecule has 1 fully saturated rings. The molecule has 1 atom stereocenters. The number of aromatic nitrogens is 3. The van der Waals surface area contributed by atoms with Gasteiger partial charge in [0.05, 0.1) is 17.9 Å². The molecule has 1 aromatic rings. The summed E-state index contributed by atoms with van der Waals surface area (Å²) in [5.41, 5.74) is 1.25. The molecule has 1 aromatic heterocycles. The molecule has 1 saturated carbocycles. The van der Waals surface area contributed by atoms with Crippen molar-refractivity contribution in [3.8, 4) is 0 Å². The van der Waals surface area contributed by atoms with Gasteiger partial charge in [0, 0.05) is 6.54 Å². The molecule has 1 N–H and O–H groups in total. The van der Waals surface area contributed by atoms with Gasteiger partial charge in [-0.2, -0.15) is 0 Å². The second-order valence-electron chi connectivity index (χ2n) is 4.76. The Labute approximate surface area is 97.4 Å². The lowest BCUT2D eigenvalue weighted by atomic mass is 9.80. The highest BCUT2D eigenvalue weighted by Gasteiger charge is 2.24. The van der Waals surface area contributed by atoms with Gasteiger partial charge in [-0.3, -0.25) is 0 Å². The van der Waals surface area contributed by atoms with E-state index in [0.717, 1.165) is 18.9 Å². The topological polar surface area (TPSA) is 42.7 Å². The first kappa shape index (κ1) is 11.6. The van der Waals surface area contributed by atoms with E-state index in [0.29, 0.717) is 6.04 Å². The Balaban J connectivity index is 2.02. The van der Waals surface area contributed by atoms with E-state index < -0.39 is 0 Å². The predicted molar refractivity (Wildman–Crippen MR) is 64.1 cm³/mol. The summed E-state index contributed by atoms with van der Waals surface area (Å²) in [6.45, 7) is 3.14. The summed E-state index contributed by atoms with van der Waals surface area (Å²) in [5, 5.41) is 11.6. The van der Waals surface area contributed by atoms with Gasteiger partial charge in [0.2, 0.25) is 0 Å². The van der Waals surface area contributed by atoms with Crippen LogP contribution in [0.5, 0.6) is 0 Å². The molecule has 1 aliphatic rings. The molecule has 90 valence electrons. The monoisotopic (exact) mass is 222 g/mol. The van der Waals surface area contributed by atoms with Crippen LogP contribution < -0.4 is 5.32 Å². The Bertz CT molecular complexity index is 317. The molecule has 4 heteroatoms. The summed E-state index contributed by atoms with van der Waals surface area (Å²) in [6, 6.07) is 0.423. The van der Waals surface area contributed by atoms with Crippen molar-refractivity contribution >= 4 is 0 Å². The molecule has 0 aliphatic heterocycles. The molecule has 0 aromatic carbocycles. The Kier molecular flexibility index (Phi) is 3.93. The zero-order valence-corrected chi connectivity index (χ0v) is 10.3. The van der Waals surface area contributed by atoms with Crippen molar-refractivity contribution in [3.63, 3.8) is 0 Å². The van der Waals surface area contributed by atoms with Gasteiger partial charge >= 0.3 is 0 Å². The van der Waals surface area contributed by atoms with E-state index in [-0.39, 0.29) is 0 Å². The second kappa shape index (κ2) is 5.43. The van der Waals surface area contributed by atoms with Crippen LogP contribution in [0.25, 0.3) is 0 Å². The van der Waals surface area contributed by atoms with Gasteiger partial charge in [0.15, 0.2) is 0 Å². The van der Waals surface area contributed by atoms with E-state index in [4.69, 9.17) is 0 Å². The van der Waals surface area contributed by atoms with Crippen LogP contribution in [0.4, 0.5) is 0 Å². The average Bonchev–Trinajstić information content (AvgIpc) is 2.66. The summed E-state index contributed by atoms with van der Waals surface area (Å²) >= 11 is 0. The molecule has 1 heterocycles. The van der Waals surface area contributed by atoms with Crippen molar-refractivity contribution in [1.82, 2.24) is 20.3 Å². The number of aryl methyl sites for hydroxylation is 1. The SMILES string of the molecule is CCCn1nncc1C(CC1CCC1)NC. The van der Waals surface area contributed by atoms with Crippen LogP contribution in [0.1, 0.15) is 50.8 Å². The minimum atomic E-state index is 0.423. The molecule has 0 bridgehead atoms. The number of hydrogen-bond donors (Lipinski definition) is 1. The van der Waals surface area contributed by atoms with E-state index in [1.54, 1.807) is 0 Å². The Hall–Kier alpha value is -0.900. The van der Waals surface area contributed by atoms with Crippen LogP contribution in [0, 0.1) is 5.92 Å². The Morgan fingerprint density at radius 1 is 1.56 bits per heavy atom. The van der Waals surface area contributed by atoms with Crippen LogP contribution >= 0.6 is 0 Å². The van der Waals surface area contributed by atoms with Crippen LogP contribution in [0.2, 0.25) is 0 Å². The van der Waals surface area contributed by atoms with Crippen molar-refractivity contribution in [3.05, 3.63) is 11.9 Å². The van der Waals surface area contributed by atoms with Gasteiger partial charge in [0.25, 0.3) is 0 Å². The van der Waals surface area contributed by atoms with Crippen LogP contribution in [-0.2, 0) is 6.54 Å². The van der Waals surface area contributed by atoms with Gasteiger partial charge in [-0.25, -0.2) is 4.68 Å². The molecule has 0 radical (unpaired) electrons. The van der Waals surface area contributed by atoms with E-state index in [2.05, 4.69) is 22.6 Å². The lowest BCUT2D eigenvalue weighted by Crippen LogP contribution is -2.25. The smallest absolute Gasteiger partial charge is 0.0756 e. The predicted octanol–water partition coefficient (Wildman–Crippen LogP) is 2.14. The lowest BCUT2D eigenvalue weighted by molar-refractivity contribution is 0.260. The molecular weight excluding hydrogens is 200 g/mol. The minimum Gasteiger partial charge on any atom is -0.312 e. The number of rotatable bonds is 6. The van der Waals surface area contributed by atoms with Gasteiger partial charge in [-0.15, -0.1) is 5.10 Å². The fourth-order valence-corrected chi connectivity index (χ4v) is 2.37. The van der Waals surface area contributed by atoms with E-state index in [1.807, 2.05) is 17.9 Å². The van der Waals surface area contributed by atoms with E-state index >= 15 is 0 Å². The van der Waals surface area contributed by atoms with Gasteiger partial charge in [-0.1, -0.05) is 31.4 Å². The van der Waals surface area contributed by atoms with Crippen molar-refractivity contribution in [1.29, 1.82) is 0 Å². The maximum absolute atomic E-state index is 4.15. The largest absolute Gasteiger partial charge is 0.312 e. The second-order valence-corrected chi connectivity index (χ2v) is 4.76. The van der Waals surface area contributed by atoms with Crippen molar-refractivity contribution in [2.45, 2.75) is 51.6 Å². The normalized spacial score (nSPS) is 18.4. The fourth-order valence-electron chi connectivity index (χ4n) is 2.37. The zero-order chi connectivity index (χ0) is 11.4. The first-order valence-corrected chi connectivity index (χ1v) is 6.40. The average molecular weight is 222 g/mol. The van der Waals surface area contributed by atoms with Crippen molar-refractivity contribution in [2.24, 2.45) is 5.92 Å². The first-order valence-electron chi connectivity index (χ1n) is 6.40. The highest BCUT2D eigenvalue weighted by atomic mass is 15.4. The molecule has 0 spiro atoms. The van der Waals surface area contributed by atoms with Crippen LogP contribution in [0.15, 0.2) is 6.20 Å². The summed E-state index contributed by atoms with van der Waals surface area (Å²) in [4.78, 5) is 0. The third-order valence-corrected chi connectivity index (χ3v) is 3.58. The van der Waals surface area contributed by atoms with Crippen LogP contribution in [0.3, 0.4) is 0 Å². The summed E-state index contributed by atoms with van der Waals surface area (Å²) in [7, 11) is 2.03. The highest BCUT2D eigenvalue weighted by molar-refractivity contribution is 5.03. The van der Waals surface area contributed by atoms with E-state index in [9.17, 15) is 0 Å². The molecule has 1 aliphatic carbocycles. The first-order chi connectivity index (χ1) is 7.85. The maximum Gasteiger partial charge on any atom is 0.0756 e. The fraction of sp³-hybridized carbons (Fsp3) is 0.833. The summed E-state index contributed by atoms with van der Waals surface area (Å²) in [6.07, 6.45) is 8.45. The zero-order valence-electron chi connectivity index (χ0n) is 10.3. The van der Waals surface area contributed by atoms with E-state index in [1.165, 1.54) is 31.4 Å². The molecule has 1 unspecified atom stereocenters. The van der Waals surface area contributed by atoms with Gasteiger partial charge in [0.1, 0.15) is 0 Å². The van der Waals surface area contributed by atoms with Crippen molar-refractivity contribution < 1.29 is 0 Å². The quantitative estimate of drug-likeness (QED) is 0.802. The maximum atomic E-state index is 4.15. The summed E-state index contributed by atoms with van der Waals surface area (Å²) < 4.78 is 2.04. The minimum absolute atomic E-state index is 0.423. The standard InChI is InChI=1S/C12H22N4/c1-3-7-16-12(9-14-15-16)11(13-2)8-10-5-4-6-10/h9-11,13H,3-8H2,1-2H3. The van der Waals surface area contributed by atoms with Gasteiger partial charge in [-0.05, 0) is 25.8 Å². The van der Waals surface area contributed by atoms with Crippen molar-refractivity contribution in [2.75, 3.05) is 7.05 Å². The third kappa shape index (κ3) is 2.43. The number of nitrogens with zero attached hydrogens (tertiary/aromatic N) is 3. The molecule has 2 rings (SSSR count). The van der Waals surface area contributed by atoms with Gasteiger partial charge < -0.3 is 5.32 Å². The number of hydrogen-bond acceptors (Lipinski definition) is 3. The van der Waals surface area contributed by atoms with Crippen LogP contribution in [-0.4, -0.2) is 22.0 Å². The lowest BCUT2D eigenvalue weighted by Gasteiger charge is -2.29. The Morgan fingerprint density at radius 3 is 2.94 bits per heavy atom. The molecule has 16 heavy (non-hydrogen) atoms. The molecular formula is C12H22N4.